The number of rotatable bonds is 6. The Bertz CT molecular complexity index is 1240. The second-order valence-electron chi connectivity index (χ2n) is 8.44. The first-order chi connectivity index (χ1) is 14.8. The molecule has 3 aromatic rings. The molecule has 1 aromatic heterocycles. The maximum Gasteiger partial charge on any atom is 0.255 e. The quantitative estimate of drug-likeness (QED) is 0.550. The van der Waals surface area contributed by atoms with Crippen molar-refractivity contribution in [3.8, 4) is 0 Å². The third-order valence-electron chi connectivity index (χ3n) is 5.95. The average Bonchev–Trinajstić information content (AvgIpc) is 2.75. The van der Waals surface area contributed by atoms with Crippen molar-refractivity contribution in [2.45, 2.75) is 37.8 Å². The normalized spacial score (nSPS) is 17.8. The predicted molar refractivity (Wildman–Crippen MR) is 125 cm³/mol. The van der Waals surface area contributed by atoms with Crippen LogP contribution in [0.3, 0.4) is 0 Å². The van der Waals surface area contributed by atoms with E-state index in [-0.39, 0.29) is 22.8 Å². The Hall–Kier alpha value is -2.15. The number of likely N-dealkylation sites (tertiary alicyclic amines) is 1. The first-order valence-corrected chi connectivity index (χ1v) is 12.7. The second-order valence-corrected chi connectivity index (χ2v) is 11.0. The van der Waals surface area contributed by atoms with Gasteiger partial charge < -0.3 is 4.57 Å². The zero-order chi connectivity index (χ0) is 22.0. The molecule has 0 saturated carbocycles. The van der Waals surface area contributed by atoms with E-state index in [4.69, 9.17) is 11.6 Å². The van der Waals surface area contributed by atoms with Crippen LogP contribution in [0.25, 0.3) is 10.9 Å². The summed E-state index contributed by atoms with van der Waals surface area (Å²) in [6.45, 7) is 4.84. The number of aryl methyl sites for hydroxylation is 1. The van der Waals surface area contributed by atoms with Crippen molar-refractivity contribution in [2.24, 2.45) is 5.92 Å². The van der Waals surface area contributed by atoms with Crippen LogP contribution in [0, 0.1) is 5.92 Å². The van der Waals surface area contributed by atoms with Gasteiger partial charge in [0, 0.05) is 30.2 Å². The first-order valence-electron chi connectivity index (χ1n) is 10.7. The molecule has 1 aliphatic heterocycles. The Kier molecular flexibility index (Phi) is 6.51. The standard InChI is InChI=1S/C24H27ClN2O3S/c1-18-6-5-11-26(16-18)17-20-14-19-9-10-21(25)15-23(19)27(24(20)28)12-13-31(29,30)22-7-3-2-4-8-22/h2-4,7-10,14-15,18H,5-6,11-13,16-17H2,1H3. The van der Waals surface area contributed by atoms with E-state index < -0.39 is 9.84 Å². The molecule has 1 saturated heterocycles. The Morgan fingerprint density at radius 1 is 1.10 bits per heavy atom. The highest BCUT2D eigenvalue weighted by Crippen LogP contribution is 2.22. The summed E-state index contributed by atoms with van der Waals surface area (Å²) < 4.78 is 27.2. The molecule has 5 nitrogen and oxygen atoms in total. The van der Waals surface area contributed by atoms with Crippen LogP contribution in [0.5, 0.6) is 0 Å². The molecule has 1 unspecified atom stereocenters. The Balaban J connectivity index is 1.69. The van der Waals surface area contributed by atoms with Crippen LogP contribution in [0.15, 0.2) is 64.3 Å². The molecule has 1 fully saturated rings. The van der Waals surface area contributed by atoms with Crippen LogP contribution in [-0.2, 0) is 22.9 Å². The highest BCUT2D eigenvalue weighted by Gasteiger charge is 2.20. The Morgan fingerprint density at radius 2 is 1.87 bits per heavy atom. The van der Waals surface area contributed by atoms with Gasteiger partial charge in [-0.05, 0) is 61.0 Å². The fourth-order valence-electron chi connectivity index (χ4n) is 4.37. The lowest BCUT2D eigenvalue weighted by Gasteiger charge is -2.30. The summed E-state index contributed by atoms with van der Waals surface area (Å²) in [4.78, 5) is 16.0. The van der Waals surface area contributed by atoms with Gasteiger partial charge in [-0.1, -0.05) is 42.8 Å². The fourth-order valence-corrected chi connectivity index (χ4v) is 5.77. The van der Waals surface area contributed by atoms with E-state index in [1.54, 1.807) is 47.0 Å². The summed E-state index contributed by atoms with van der Waals surface area (Å²) >= 11 is 6.20. The first kappa shape index (κ1) is 22.1. The lowest BCUT2D eigenvalue weighted by Crippen LogP contribution is -2.36. The van der Waals surface area contributed by atoms with Crippen LogP contribution in [0.4, 0.5) is 0 Å². The van der Waals surface area contributed by atoms with E-state index in [0.29, 0.717) is 28.6 Å². The van der Waals surface area contributed by atoms with Gasteiger partial charge in [0.1, 0.15) is 0 Å². The molecule has 0 aliphatic carbocycles. The van der Waals surface area contributed by atoms with Gasteiger partial charge in [-0.3, -0.25) is 9.69 Å². The minimum Gasteiger partial charge on any atom is -0.307 e. The number of hydrogen-bond donors (Lipinski definition) is 0. The van der Waals surface area contributed by atoms with Crippen molar-refractivity contribution in [3.63, 3.8) is 0 Å². The summed E-state index contributed by atoms with van der Waals surface area (Å²) in [5, 5.41) is 1.41. The molecule has 0 amide bonds. The van der Waals surface area contributed by atoms with Gasteiger partial charge in [-0.2, -0.15) is 0 Å². The molecule has 2 heterocycles. The predicted octanol–water partition coefficient (Wildman–Crippen LogP) is 4.36. The maximum absolute atomic E-state index is 13.4. The molecule has 1 atom stereocenters. The Morgan fingerprint density at radius 3 is 2.61 bits per heavy atom. The summed E-state index contributed by atoms with van der Waals surface area (Å²) in [6.07, 6.45) is 2.35. The van der Waals surface area contributed by atoms with Crippen molar-refractivity contribution in [1.29, 1.82) is 0 Å². The van der Waals surface area contributed by atoms with E-state index >= 15 is 0 Å². The van der Waals surface area contributed by atoms with Crippen LogP contribution in [0.2, 0.25) is 5.02 Å². The van der Waals surface area contributed by atoms with Crippen molar-refractivity contribution in [1.82, 2.24) is 9.47 Å². The number of benzene rings is 2. The van der Waals surface area contributed by atoms with Gasteiger partial charge >= 0.3 is 0 Å². The third-order valence-corrected chi connectivity index (χ3v) is 7.90. The average molecular weight is 459 g/mol. The van der Waals surface area contributed by atoms with E-state index in [0.717, 1.165) is 24.9 Å². The van der Waals surface area contributed by atoms with Crippen molar-refractivity contribution < 1.29 is 8.42 Å². The number of aromatic nitrogens is 1. The largest absolute Gasteiger partial charge is 0.307 e. The summed E-state index contributed by atoms with van der Waals surface area (Å²) in [5.74, 6) is 0.467. The third kappa shape index (κ3) is 5.03. The van der Waals surface area contributed by atoms with Gasteiger partial charge in [0.05, 0.1) is 16.2 Å². The molecule has 0 N–H and O–H groups in total. The van der Waals surface area contributed by atoms with E-state index in [1.807, 2.05) is 12.1 Å². The monoisotopic (exact) mass is 458 g/mol. The van der Waals surface area contributed by atoms with Gasteiger partial charge in [0.2, 0.25) is 0 Å². The summed E-state index contributed by atoms with van der Waals surface area (Å²) in [6, 6.07) is 15.7. The number of hydrogen-bond acceptors (Lipinski definition) is 4. The second kappa shape index (κ2) is 9.15. The SMILES string of the molecule is CC1CCCN(Cc2cc3ccc(Cl)cc3n(CCS(=O)(=O)c3ccccc3)c2=O)C1. The number of piperidine rings is 1. The topological polar surface area (TPSA) is 59.4 Å². The van der Waals surface area contributed by atoms with Crippen LogP contribution >= 0.6 is 11.6 Å². The molecule has 1 aliphatic rings. The summed E-state index contributed by atoms with van der Waals surface area (Å²) in [5.41, 5.74) is 1.22. The van der Waals surface area contributed by atoms with Gasteiger partial charge in [0.25, 0.3) is 5.56 Å². The molecule has 7 heteroatoms. The highest BCUT2D eigenvalue weighted by molar-refractivity contribution is 7.91. The fraction of sp³-hybridized carbons (Fsp3) is 0.375. The van der Waals surface area contributed by atoms with Crippen LogP contribution in [0.1, 0.15) is 25.3 Å². The molecule has 4 rings (SSSR count). The number of fused-ring (bicyclic) bond motifs is 1. The number of nitrogens with zero attached hydrogens (tertiary/aromatic N) is 2. The van der Waals surface area contributed by atoms with Crippen LogP contribution < -0.4 is 5.56 Å². The minimum atomic E-state index is -3.50. The van der Waals surface area contributed by atoms with E-state index in [9.17, 15) is 13.2 Å². The summed E-state index contributed by atoms with van der Waals surface area (Å²) in [7, 11) is -3.50. The van der Waals surface area contributed by atoms with Gasteiger partial charge in [0.15, 0.2) is 9.84 Å². The van der Waals surface area contributed by atoms with Crippen molar-refractivity contribution >= 4 is 32.3 Å². The maximum atomic E-state index is 13.4. The molecule has 0 spiro atoms. The molecule has 2 aromatic carbocycles. The lowest BCUT2D eigenvalue weighted by molar-refractivity contribution is 0.176. The van der Waals surface area contributed by atoms with E-state index in [2.05, 4.69) is 11.8 Å². The van der Waals surface area contributed by atoms with Gasteiger partial charge in [-0.15, -0.1) is 0 Å². The van der Waals surface area contributed by atoms with Crippen LogP contribution in [-0.4, -0.2) is 36.7 Å². The highest BCUT2D eigenvalue weighted by atomic mass is 35.5. The zero-order valence-electron chi connectivity index (χ0n) is 17.6. The lowest BCUT2D eigenvalue weighted by atomic mass is 10.00. The Labute approximate surface area is 188 Å². The number of sulfone groups is 1. The zero-order valence-corrected chi connectivity index (χ0v) is 19.2. The molecule has 0 radical (unpaired) electrons. The van der Waals surface area contributed by atoms with Crippen molar-refractivity contribution in [2.75, 3.05) is 18.8 Å². The molecule has 31 heavy (non-hydrogen) atoms. The smallest absolute Gasteiger partial charge is 0.255 e. The number of halogens is 1. The minimum absolute atomic E-state index is 0.0805. The van der Waals surface area contributed by atoms with Crippen molar-refractivity contribution in [3.05, 3.63) is 75.5 Å². The molecular formula is C24H27ClN2O3S. The number of pyridine rings is 1. The molecule has 0 bridgehead atoms. The molecular weight excluding hydrogens is 432 g/mol. The van der Waals surface area contributed by atoms with E-state index in [1.165, 1.54) is 6.42 Å². The molecule has 164 valence electrons. The van der Waals surface area contributed by atoms with Gasteiger partial charge in [-0.25, -0.2) is 8.42 Å².